The van der Waals surface area contributed by atoms with Crippen LogP contribution in [-0.4, -0.2) is 16.1 Å². The number of aromatic carboxylic acids is 1. The average molecular weight is 267 g/mol. The van der Waals surface area contributed by atoms with Gasteiger partial charge in [0.25, 0.3) is 6.43 Å². The maximum Gasteiger partial charge on any atom is 0.354 e. The van der Waals surface area contributed by atoms with Crippen molar-refractivity contribution >= 4 is 27.7 Å². The summed E-state index contributed by atoms with van der Waals surface area (Å²) in [6.07, 6.45) is -2.79. The lowest BCUT2D eigenvalue weighted by molar-refractivity contribution is 0.0690. The number of hydrogen-bond donors (Lipinski definition) is 2. The third-order valence-corrected chi connectivity index (χ3v) is 2.13. The first-order valence-electron chi connectivity index (χ1n) is 3.41. The first-order chi connectivity index (χ1) is 6.43. The zero-order chi connectivity index (χ0) is 10.9. The van der Waals surface area contributed by atoms with Crippen molar-refractivity contribution in [2.75, 3.05) is 5.73 Å². The Labute approximate surface area is 85.9 Å². The second-order valence-corrected chi connectivity index (χ2v) is 3.25. The monoisotopic (exact) mass is 266 g/mol. The minimum Gasteiger partial charge on any atom is -0.477 e. The van der Waals surface area contributed by atoms with E-state index >= 15 is 0 Å². The highest BCUT2D eigenvalue weighted by Crippen LogP contribution is 2.31. The molecule has 0 aliphatic heterocycles. The summed E-state index contributed by atoms with van der Waals surface area (Å²) in [6, 6.07) is 0.986. The second-order valence-electron chi connectivity index (χ2n) is 2.39. The third kappa shape index (κ3) is 1.98. The van der Waals surface area contributed by atoms with E-state index in [9.17, 15) is 13.6 Å². The Morgan fingerprint density at radius 3 is 2.57 bits per heavy atom. The summed E-state index contributed by atoms with van der Waals surface area (Å²) < 4.78 is 24.6. The van der Waals surface area contributed by atoms with Crippen molar-refractivity contribution < 1.29 is 18.7 Å². The van der Waals surface area contributed by atoms with Crippen LogP contribution in [0.5, 0.6) is 0 Å². The third-order valence-electron chi connectivity index (χ3n) is 1.47. The molecule has 0 amide bonds. The Hall–Kier alpha value is -1.24. The Morgan fingerprint density at radius 1 is 1.64 bits per heavy atom. The van der Waals surface area contributed by atoms with Crippen LogP contribution in [0.2, 0.25) is 0 Å². The molecule has 0 aliphatic rings. The Kier molecular flexibility index (Phi) is 3.00. The van der Waals surface area contributed by atoms with Crippen molar-refractivity contribution in [2.24, 2.45) is 0 Å². The molecule has 0 unspecified atom stereocenters. The predicted molar refractivity (Wildman–Crippen MR) is 48.3 cm³/mol. The Bertz CT molecular complexity index is 361. The summed E-state index contributed by atoms with van der Waals surface area (Å²) in [4.78, 5) is 13.8. The average Bonchev–Trinajstić information content (AvgIpc) is 2.01. The van der Waals surface area contributed by atoms with E-state index in [-0.39, 0.29) is 10.2 Å². The van der Waals surface area contributed by atoms with Gasteiger partial charge in [-0.05, 0) is 6.07 Å². The highest BCUT2D eigenvalue weighted by Gasteiger charge is 2.19. The summed E-state index contributed by atoms with van der Waals surface area (Å²) in [5, 5.41) is 8.54. The van der Waals surface area contributed by atoms with Gasteiger partial charge >= 0.3 is 5.97 Å². The SMILES string of the molecule is Nc1nc(C(=O)O)cc(Br)c1C(F)F. The number of hydrogen-bond acceptors (Lipinski definition) is 3. The van der Waals surface area contributed by atoms with E-state index in [0.29, 0.717) is 0 Å². The fraction of sp³-hybridized carbons (Fsp3) is 0.143. The molecule has 1 aromatic heterocycles. The number of rotatable bonds is 2. The molecule has 0 spiro atoms. The summed E-state index contributed by atoms with van der Waals surface area (Å²) in [5.74, 6) is -1.80. The van der Waals surface area contributed by atoms with E-state index in [2.05, 4.69) is 20.9 Å². The van der Waals surface area contributed by atoms with E-state index in [4.69, 9.17) is 10.8 Å². The van der Waals surface area contributed by atoms with Crippen LogP contribution in [0.4, 0.5) is 14.6 Å². The molecule has 3 N–H and O–H groups in total. The number of pyridine rings is 1. The van der Waals surface area contributed by atoms with Gasteiger partial charge < -0.3 is 10.8 Å². The number of carboxylic acid groups (broad SMARTS) is 1. The fourth-order valence-electron chi connectivity index (χ4n) is 0.868. The summed E-state index contributed by atoms with van der Waals surface area (Å²) in [6.45, 7) is 0. The van der Waals surface area contributed by atoms with Crippen LogP contribution in [0.1, 0.15) is 22.5 Å². The molecule has 0 aromatic carbocycles. The van der Waals surface area contributed by atoms with E-state index in [1.807, 2.05) is 0 Å². The fourth-order valence-corrected chi connectivity index (χ4v) is 1.46. The highest BCUT2D eigenvalue weighted by atomic mass is 79.9. The number of carbonyl (C=O) groups is 1. The van der Waals surface area contributed by atoms with Crippen molar-refractivity contribution in [2.45, 2.75) is 6.43 Å². The Morgan fingerprint density at radius 2 is 2.21 bits per heavy atom. The quantitative estimate of drug-likeness (QED) is 0.859. The van der Waals surface area contributed by atoms with Gasteiger partial charge in [0, 0.05) is 4.47 Å². The van der Waals surface area contributed by atoms with Crippen LogP contribution in [0.25, 0.3) is 0 Å². The van der Waals surface area contributed by atoms with Crippen LogP contribution in [0.3, 0.4) is 0 Å². The minimum atomic E-state index is -2.79. The van der Waals surface area contributed by atoms with Crippen molar-refractivity contribution in [1.82, 2.24) is 4.98 Å². The van der Waals surface area contributed by atoms with E-state index in [1.165, 1.54) is 0 Å². The number of anilines is 1. The lowest BCUT2D eigenvalue weighted by atomic mass is 10.2. The molecule has 1 heterocycles. The van der Waals surface area contributed by atoms with Gasteiger partial charge in [-0.25, -0.2) is 18.6 Å². The number of aromatic nitrogens is 1. The molecule has 0 atom stereocenters. The predicted octanol–water partition coefficient (Wildman–Crippen LogP) is 2.06. The number of nitrogen functional groups attached to an aromatic ring is 1. The molecule has 0 bridgehead atoms. The lowest BCUT2D eigenvalue weighted by Gasteiger charge is -2.06. The maximum atomic E-state index is 12.3. The van der Waals surface area contributed by atoms with Crippen molar-refractivity contribution in [1.29, 1.82) is 0 Å². The van der Waals surface area contributed by atoms with E-state index in [0.717, 1.165) is 6.07 Å². The topological polar surface area (TPSA) is 76.2 Å². The number of nitrogens with zero attached hydrogens (tertiary/aromatic N) is 1. The van der Waals surface area contributed by atoms with Crippen LogP contribution < -0.4 is 5.73 Å². The molecule has 0 saturated heterocycles. The molecule has 0 saturated carbocycles. The smallest absolute Gasteiger partial charge is 0.354 e. The zero-order valence-electron chi connectivity index (χ0n) is 6.67. The van der Waals surface area contributed by atoms with Crippen molar-refractivity contribution in [3.8, 4) is 0 Å². The number of carboxylic acids is 1. The standard InChI is InChI=1S/C7H5BrF2N2O2/c8-2-1-3(7(13)14)12-6(11)4(2)5(9)10/h1,5H,(H2,11,12)(H,13,14). The van der Waals surface area contributed by atoms with E-state index in [1.54, 1.807) is 0 Å². The van der Waals surface area contributed by atoms with Gasteiger partial charge in [-0.15, -0.1) is 0 Å². The maximum absolute atomic E-state index is 12.3. The highest BCUT2D eigenvalue weighted by molar-refractivity contribution is 9.10. The Balaban J connectivity index is 3.32. The number of alkyl halides is 2. The molecule has 4 nitrogen and oxygen atoms in total. The molecule has 1 aromatic rings. The summed E-state index contributed by atoms with van der Waals surface area (Å²) in [7, 11) is 0. The zero-order valence-corrected chi connectivity index (χ0v) is 8.25. The van der Waals surface area contributed by atoms with Crippen molar-refractivity contribution in [3.63, 3.8) is 0 Å². The van der Waals surface area contributed by atoms with Gasteiger partial charge in [0.05, 0.1) is 5.56 Å². The first-order valence-corrected chi connectivity index (χ1v) is 4.20. The molecule has 76 valence electrons. The summed E-state index contributed by atoms with van der Waals surface area (Å²) in [5.41, 5.74) is 4.31. The normalized spacial score (nSPS) is 10.6. The van der Waals surface area contributed by atoms with Gasteiger partial charge in [-0.3, -0.25) is 0 Å². The van der Waals surface area contributed by atoms with Crippen LogP contribution in [0.15, 0.2) is 10.5 Å². The first kappa shape index (κ1) is 10.8. The molecule has 14 heavy (non-hydrogen) atoms. The lowest BCUT2D eigenvalue weighted by Crippen LogP contribution is -2.07. The van der Waals surface area contributed by atoms with Crippen molar-refractivity contribution in [3.05, 3.63) is 21.8 Å². The van der Waals surface area contributed by atoms with Crippen LogP contribution in [-0.2, 0) is 0 Å². The molecule has 0 radical (unpaired) electrons. The molecule has 7 heteroatoms. The van der Waals surface area contributed by atoms with Gasteiger partial charge in [0.2, 0.25) is 0 Å². The van der Waals surface area contributed by atoms with Gasteiger partial charge in [0.1, 0.15) is 5.82 Å². The van der Waals surface area contributed by atoms with Crippen LogP contribution >= 0.6 is 15.9 Å². The number of halogens is 3. The largest absolute Gasteiger partial charge is 0.477 e. The second kappa shape index (κ2) is 3.87. The molecule has 0 fully saturated rings. The van der Waals surface area contributed by atoms with E-state index < -0.39 is 23.8 Å². The summed E-state index contributed by atoms with van der Waals surface area (Å²) >= 11 is 2.80. The molecular formula is C7H5BrF2N2O2. The van der Waals surface area contributed by atoms with Gasteiger partial charge in [-0.1, -0.05) is 15.9 Å². The molecular weight excluding hydrogens is 262 g/mol. The molecule has 0 aliphatic carbocycles. The number of nitrogens with two attached hydrogens (primary N) is 1. The molecule has 1 rings (SSSR count). The van der Waals surface area contributed by atoms with Gasteiger partial charge in [-0.2, -0.15) is 0 Å². The van der Waals surface area contributed by atoms with Crippen LogP contribution in [0, 0.1) is 0 Å². The minimum absolute atomic E-state index is 0.0580. The van der Waals surface area contributed by atoms with Gasteiger partial charge in [0.15, 0.2) is 5.69 Å².